The molecule has 3 nitrogen and oxygen atoms in total. The highest BCUT2D eigenvalue weighted by Crippen LogP contribution is 2.13. The van der Waals surface area contributed by atoms with Crippen molar-refractivity contribution >= 4 is 11.7 Å². The molecule has 0 fully saturated rings. The van der Waals surface area contributed by atoms with Crippen LogP contribution in [0.5, 0.6) is 0 Å². The molecule has 0 radical (unpaired) electrons. The number of esters is 1. The zero-order chi connectivity index (χ0) is 13.4. The first kappa shape index (κ1) is 14.5. The third-order valence-corrected chi connectivity index (χ3v) is 2.69. The van der Waals surface area contributed by atoms with Gasteiger partial charge in [0.15, 0.2) is 0 Å². The molecule has 0 unspecified atom stereocenters. The number of nitrogens with two attached hydrogens (primary N) is 1. The number of hydrogen-bond donors (Lipinski definition) is 1. The molecule has 0 atom stereocenters. The number of ether oxygens (including phenoxy) is 1. The van der Waals surface area contributed by atoms with Crippen LogP contribution in [0.4, 0.5) is 10.1 Å². The second kappa shape index (κ2) is 7.69. The summed E-state index contributed by atoms with van der Waals surface area (Å²) in [6.07, 6.45) is 5.35. The van der Waals surface area contributed by atoms with Gasteiger partial charge in [0, 0.05) is 5.69 Å². The van der Waals surface area contributed by atoms with Crippen LogP contribution in [-0.2, 0) is 4.74 Å². The molecular formula is C14H20FNO2. The van der Waals surface area contributed by atoms with Crippen LogP contribution in [-0.4, -0.2) is 12.6 Å². The van der Waals surface area contributed by atoms with Crippen LogP contribution in [0.2, 0.25) is 0 Å². The number of rotatable bonds is 7. The summed E-state index contributed by atoms with van der Waals surface area (Å²) in [7, 11) is 0. The molecule has 0 bridgehead atoms. The smallest absolute Gasteiger partial charge is 0.341 e. The van der Waals surface area contributed by atoms with E-state index in [9.17, 15) is 9.18 Å². The van der Waals surface area contributed by atoms with E-state index in [4.69, 9.17) is 10.5 Å². The predicted octanol–water partition coefficient (Wildman–Crippen LogP) is 3.54. The Bertz CT molecular complexity index is 393. The first-order valence-electron chi connectivity index (χ1n) is 6.37. The standard InChI is InChI=1S/C14H20FNO2/c1-2-3-4-5-6-9-18-14(17)12-10-11(16)7-8-13(12)15/h7-8,10H,2-6,9,16H2,1H3. The molecule has 0 aliphatic carbocycles. The first-order valence-corrected chi connectivity index (χ1v) is 6.37. The lowest BCUT2D eigenvalue weighted by molar-refractivity contribution is 0.0492. The highest BCUT2D eigenvalue weighted by atomic mass is 19.1. The molecule has 0 saturated heterocycles. The Balaban J connectivity index is 2.34. The van der Waals surface area contributed by atoms with E-state index < -0.39 is 11.8 Å². The lowest BCUT2D eigenvalue weighted by Gasteiger charge is -2.06. The molecule has 0 aliphatic heterocycles. The molecule has 0 aliphatic rings. The minimum absolute atomic E-state index is 0.0939. The lowest BCUT2D eigenvalue weighted by atomic mass is 10.1. The summed E-state index contributed by atoms with van der Waals surface area (Å²) in [6, 6.07) is 3.89. The number of carbonyl (C=O) groups is 1. The number of anilines is 1. The molecule has 100 valence electrons. The van der Waals surface area contributed by atoms with Gasteiger partial charge < -0.3 is 10.5 Å². The van der Waals surface area contributed by atoms with Crippen molar-refractivity contribution in [2.45, 2.75) is 39.0 Å². The minimum atomic E-state index is -0.643. The van der Waals surface area contributed by atoms with Crippen molar-refractivity contribution in [3.05, 3.63) is 29.6 Å². The van der Waals surface area contributed by atoms with Gasteiger partial charge in [-0.25, -0.2) is 9.18 Å². The van der Waals surface area contributed by atoms with E-state index in [0.29, 0.717) is 12.3 Å². The first-order chi connectivity index (χ1) is 8.65. The molecule has 2 N–H and O–H groups in total. The van der Waals surface area contributed by atoms with Crippen molar-refractivity contribution < 1.29 is 13.9 Å². The van der Waals surface area contributed by atoms with Crippen molar-refractivity contribution in [2.24, 2.45) is 0 Å². The van der Waals surface area contributed by atoms with Crippen LogP contribution < -0.4 is 5.73 Å². The van der Waals surface area contributed by atoms with Crippen LogP contribution in [0.15, 0.2) is 18.2 Å². The summed E-state index contributed by atoms with van der Waals surface area (Å²) in [6.45, 7) is 2.47. The third kappa shape index (κ3) is 4.73. The average Bonchev–Trinajstić information content (AvgIpc) is 2.36. The zero-order valence-electron chi connectivity index (χ0n) is 10.7. The van der Waals surface area contributed by atoms with Gasteiger partial charge in [-0.05, 0) is 24.6 Å². The molecule has 1 aromatic carbocycles. The van der Waals surface area contributed by atoms with Crippen LogP contribution >= 0.6 is 0 Å². The largest absolute Gasteiger partial charge is 0.462 e. The van der Waals surface area contributed by atoms with E-state index in [1.807, 2.05) is 0 Å². The Morgan fingerprint density at radius 3 is 2.72 bits per heavy atom. The van der Waals surface area contributed by atoms with Crippen molar-refractivity contribution in [2.75, 3.05) is 12.3 Å². The molecule has 1 aromatic rings. The molecule has 1 rings (SSSR count). The van der Waals surface area contributed by atoms with Gasteiger partial charge in [0.2, 0.25) is 0 Å². The average molecular weight is 253 g/mol. The normalized spacial score (nSPS) is 10.3. The quantitative estimate of drug-likeness (QED) is 0.459. The summed E-state index contributed by atoms with van der Waals surface area (Å²) in [5.74, 6) is -1.24. The summed E-state index contributed by atoms with van der Waals surface area (Å²) < 4.78 is 18.3. The fraction of sp³-hybridized carbons (Fsp3) is 0.500. The summed E-state index contributed by atoms with van der Waals surface area (Å²) in [5, 5.41) is 0. The Kier molecular flexibility index (Phi) is 6.19. The van der Waals surface area contributed by atoms with Crippen molar-refractivity contribution in [3.8, 4) is 0 Å². The number of hydrogen-bond acceptors (Lipinski definition) is 3. The van der Waals surface area contributed by atoms with Gasteiger partial charge >= 0.3 is 5.97 Å². The minimum Gasteiger partial charge on any atom is -0.462 e. The molecule has 0 amide bonds. The molecule has 18 heavy (non-hydrogen) atoms. The van der Waals surface area contributed by atoms with E-state index in [0.717, 1.165) is 19.3 Å². The van der Waals surface area contributed by atoms with Crippen LogP contribution in [0.1, 0.15) is 49.4 Å². The Hall–Kier alpha value is -1.58. The highest BCUT2D eigenvalue weighted by molar-refractivity contribution is 5.90. The summed E-state index contributed by atoms with van der Waals surface area (Å²) in [5.41, 5.74) is 5.76. The van der Waals surface area contributed by atoms with Crippen LogP contribution in [0.3, 0.4) is 0 Å². The molecule has 0 aromatic heterocycles. The maximum absolute atomic E-state index is 13.3. The third-order valence-electron chi connectivity index (χ3n) is 2.69. The lowest BCUT2D eigenvalue weighted by Crippen LogP contribution is -2.09. The van der Waals surface area contributed by atoms with E-state index in [-0.39, 0.29) is 5.56 Å². The van der Waals surface area contributed by atoms with E-state index in [2.05, 4.69) is 6.92 Å². The summed E-state index contributed by atoms with van der Waals surface area (Å²) in [4.78, 5) is 11.6. The Morgan fingerprint density at radius 1 is 1.28 bits per heavy atom. The predicted molar refractivity (Wildman–Crippen MR) is 69.9 cm³/mol. The topological polar surface area (TPSA) is 52.3 Å². The van der Waals surface area contributed by atoms with Crippen molar-refractivity contribution in [1.29, 1.82) is 0 Å². The number of carbonyl (C=O) groups excluding carboxylic acids is 1. The number of nitrogen functional groups attached to an aromatic ring is 1. The second-order valence-electron chi connectivity index (χ2n) is 4.29. The van der Waals surface area contributed by atoms with E-state index in [1.165, 1.54) is 31.0 Å². The van der Waals surface area contributed by atoms with Gasteiger partial charge in [-0.1, -0.05) is 32.6 Å². The van der Waals surface area contributed by atoms with E-state index in [1.54, 1.807) is 0 Å². The fourth-order valence-electron chi connectivity index (χ4n) is 1.65. The number of unbranched alkanes of at least 4 members (excludes halogenated alkanes) is 4. The van der Waals surface area contributed by atoms with Crippen molar-refractivity contribution in [1.82, 2.24) is 0 Å². The van der Waals surface area contributed by atoms with Crippen molar-refractivity contribution in [3.63, 3.8) is 0 Å². The number of halogens is 1. The Morgan fingerprint density at radius 2 is 2.00 bits per heavy atom. The van der Waals surface area contributed by atoms with Gasteiger partial charge in [0.25, 0.3) is 0 Å². The SMILES string of the molecule is CCCCCCCOC(=O)c1cc(N)ccc1F. The molecule has 4 heteroatoms. The van der Waals surface area contributed by atoms with Gasteiger partial charge in [0.1, 0.15) is 5.82 Å². The van der Waals surface area contributed by atoms with Gasteiger partial charge in [-0.15, -0.1) is 0 Å². The molecule has 0 heterocycles. The second-order valence-corrected chi connectivity index (χ2v) is 4.29. The maximum Gasteiger partial charge on any atom is 0.341 e. The molecule has 0 saturated carbocycles. The van der Waals surface area contributed by atoms with Gasteiger partial charge in [0.05, 0.1) is 12.2 Å². The van der Waals surface area contributed by atoms with Gasteiger partial charge in [-0.2, -0.15) is 0 Å². The number of benzene rings is 1. The molecule has 0 spiro atoms. The highest BCUT2D eigenvalue weighted by Gasteiger charge is 2.13. The van der Waals surface area contributed by atoms with Crippen LogP contribution in [0, 0.1) is 5.82 Å². The molecular weight excluding hydrogens is 233 g/mol. The monoisotopic (exact) mass is 253 g/mol. The zero-order valence-corrected chi connectivity index (χ0v) is 10.7. The fourth-order valence-corrected chi connectivity index (χ4v) is 1.65. The maximum atomic E-state index is 13.3. The van der Waals surface area contributed by atoms with Crippen LogP contribution in [0.25, 0.3) is 0 Å². The summed E-state index contributed by atoms with van der Waals surface area (Å²) >= 11 is 0. The van der Waals surface area contributed by atoms with E-state index >= 15 is 0 Å². The van der Waals surface area contributed by atoms with Gasteiger partial charge in [-0.3, -0.25) is 0 Å². The Labute approximate surface area is 107 Å².